The minimum absolute atomic E-state index is 0. The van der Waals surface area contributed by atoms with Crippen molar-refractivity contribution in [3.05, 3.63) is 12.7 Å². The Morgan fingerprint density at radius 2 is 2.38 bits per heavy atom. The van der Waals surface area contributed by atoms with Gasteiger partial charge >= 0.3 is 35.5 Å². The molecule has 0 saturated carbocycles. The predicted octanol–water partition coefficient (Wildman–Crippen LogP) is -2.78. The van der Waals surface area contributed by atoms with E-state index in [0.717, 1.165) is 0 Å². The first-order valence-electron chi connectivity index (χ1n) is 4.94. The molecule has 2 N–H and O–H groups in total. The van der Waals surface area contributed by atoms with Crippen LogP contribution in [0.2, 0.25) is 0 Å². The minimum atomic E-state index is -0.922. The summed E-state index contributed by atoms with van der Waals surface area (Å²) in [6, 6.07) is 0. The van der Waals surface area contributed by atoms with Crippen LogP contribution >= 0.6 is 0 Å². The van der Waals surface area contributed by atoms with E-state index in [9.17, 15) is 9.90 Å². The number of quaternary nitrogens is 1. The molecule has 6 heteroatoms. The molecule has 0 spiro atoms. The third-order valence-corrected chi connectivity index (χ3v) is 2.77. The Kier molecular flexibility index (Phi) is 6.43. The van der Waals surface area contributed by atoms with Crippen LogP contribution in [-0.4, -0.2) is 52.4 Å². The monoisotopic (exact) mass is 236 g/mol. The van der Waals surface area contributed by atoms with Crippen molar-refractivity contribution in [3.63, 3.8) is 0 Å². The van der Waals surface area contributed by atoms with Crippen molar-refractivity contribution < 1.29 is 49.0 Å². The SMILES string of the molecule is C=CCC1=NCC[N+]1(CC(=O)O)C(C)O.[Na+]. The van der Waals surface area contributed by atoms with Crippen LogP contribution in [0.4, 0.5) is 0 Å². The van der Waals surface area contributed by atoms with Gasteiger partial charge in [0.1, 0.15) is 6.54 Å². The minimum Gasteiger partial charge on any atom is -0.477 e. The van der Waals surface area contributed by atoms with Gasteiger partial charge in [-0.15, -0.1) is 6.58 Å². The van der Waals surface area contributed by atoms with Gasteiger partial charge in [-0.1, -0.05) is 6.08 Å². The Balaban J connectivity index is 0.00000225. The number of aliphatic hydroxyl groups excluding tert-OH is 1. The first-order chi connectivity index (χ1) is 7.03. The standard InChI is InChI=1S/C10H16N2O3.Na/c1-3-4-9-11-5-6-12(9,8(2)13)7-10(14)15;/h3,8,13H,1,4-7H2,2H3;/q;+1/p+1. The van der Waals surface area contributed by atoms with Crippen LogP contribution in [-0.2, 0) is 4.79 Å². The second-order valence-corrected chi connectivity index (χ2v) is 3.73. The first kappa shape index (κ1) is 15.8. The molecule has 0 radical (unpaired) electrons. The van der Waals surface area contributed by atoms with Gasteiger partial charge in [-0.3, -0.25) is 0 Å². The number of aliphatic hydroxyl groups is 1. The van der Waals surface area contributed by atoms with Gasteiger partial charge in [-0.05, 0) is 0 Å². The summed E-state index contributed by atoms with van der Waals surface area (Å²) in [5, 5.41) is 18.6. The molecular weight excluding hydrogens is 219 g/mol. The molecule has 16 heavy (non-hydrogen) atoms. The van der Waals surface area contributed by atoms with Gasteiger partial charge < -0.3 is 10.2 Å². The smallest absolute Gasteiger partial charge is 0.477 e. The van der Waals surface area contributed by atoms with Gasteiger partial charge in [-0.2, -0.15) is 0 Å². The normalized spacial score (nSPS) is 25.5. The van der Waals surface area contributed by atoms with Gasteiger partial charge in [0, 0.05) is 6.92 Å². The molecule has 2 atom stereocenters. The van der Waals surface area contributed by atoms with Crippen LogP contribution in [0.5, 0.6) is 0 Å². The molecular formula is C10H17N2NaO3+2. The topological polar surface area (TPSA) is 69.9 Å². The molecule has 2 unspecified atom stereocenters. The number of amidine groups is 1. The van der Waals surface area contributed by atoms with Gasteiger partial charge in [-0.25, -0.2) is 14.3 Å². The fraction of sp³-hybridized carbons (Fsp3) is 0.600. The van der Waals surface area contributed by atoms with Crippen LogP contribution in [0.15, 0.2) is 17.6 Å². The quantitative estimate of drug-likeness (QED) is 0.308. The molecule has 0 bridgehead atoms. The molecule has 5 nitrogen and oxygen atoms in total. The number of hydrogen-bond donors (Lipinski definition) is 2. The third-order valence-electron chi connectivity index (χ3n) is 2.77. The van der Waals surface area contributed by atoms with E-state index in [1.54, 1.807) is 13.0 Å². The Morgan fingerprint density at radius 1 is 1.75 bits per heavy atom. The fourth-order valence-electron chi connectivity index (χ4n) is 1.95. The fourth-order valence-corrected chi connectivity index (χ4v) is 1.95. The van der Waals surface area contributed by atoms with E-state index in [-0.39, 0.29) is 40.6 Å². The summed E-state index contributed by atoms with van der Waals surface area (Å²) in [6.07, 6.45) is 1.46. The number of carboxylic acids is 1. The van der Waals surface area contributed by atoms with Crippen molar-refractivity contribution in [2.24, 2.45) is 4.99 Å². The van der Waals surface area contributed by atoms with E-state index in [2.05, 4.69) is 11.6 Å². The summed E-state index contributed by atoms with van der Waals surface area (Å²) in [5.41, 5.74) is 0. The van der Waals surface area contributed by atoms with E-state index in [1.165, 1.54) is 0 Å². The first-order valence-corrected chi connectivity index (χ1v) is 4.94. The zero-order valence-corrected chi connectivity index (χ0v) is 11.9. The van der Waals surface area contributed by atoms with E-state index in [4.69, 9.17) is 5.11 Å². The molecule has 84 valence electrons. The molecule has 0 aromatic carbocycles. The summed E-state index contributed by atoms with van der Waals surface area (Å²) in [7, 11) is 0. The van der Waals surface area contributed by atoms with Crippen molar-refractivity contribution >= 4 is 11.8 Å². The van der Waals surface area contributed by atoms with Crippen LogP contribution in [0.25, 0.3) is 0 Å². The van der Waals surface area contributed by atoms with E-state index < -0.39 is 12.2 Å². The maximum atomic E-state index is 10.8. The van der Waals surface area contributed by atoms with E-state index in [0.29, 0.717) is 25.3 Å². The number of nitrogens with zero attached hydrogens (tertiary/aromatic N) is 2. The van der Waals surface area contributed by atoms with Crippen LogP contribution in [0.3, 0.4) is 0 Å². The molecule has 0 fully saturated rings. The number of rotatable bonds is 5. The van der Waals surface area contributed by atoms with Gasteiger partial charge in [0.15, 0.2) is 12.8 Å². The third kappa shape index (κ3) is 3.15. The Labute approximate surface area is 117 Å². The summed E-state index contributed by atoms with van der Waals surface area (Å²) in [4.78, 5) is 15.1. The number of carboxylic acid groups (broad SMARTS) is 1. The number of aliphatic imine (C=N–C) groups is 1. The van der Waals surface area contributed by atoms with Crippen LogP contribution < -0.4 is 29.6 Å². The molecule has 0 aromatic heterocycles. The van der Waals surface area contributed by atoms with E-state index >= 15 is 0 Å². The average Bonchev–Trinajstić information content (AvgIpc) is 2.49. The van der Waals surface area contributed by atoms with Crippen LogP contribution in [0.1, 0.15) is 13.3 Å². The summed E-state index contributed by atoms with van der Waals surface area (Å²) in [6.45, 7) is 6.21. The van der Waals surface area contributed by atoms with Crippen molar-refractivity contribution in [3.8, 4) is 0 Å². The molecule has 1 aliphatic heterocycles. The van der Waals surface area contributed by atoms with Crippen molar-refractivity contribution in [2.45, 2.75) is 19.6 Å². The largest absolute Gasteiger partial charge is 1.00 e. The summed E-state index contributed by atoms with van der Waals surface area (Å²) in [5.74, 6) is -0.211. The maximum absolute atomic E-state index is 10.8. The maximum Gasteiger partial charge on any atom is 1.00 e. The molecule has 0 saturated heterocycles. The van der Waals surface area contributed by atoms with Crippen LogP contribution in [0, 0.1) is 0 Å². The number of aliphatic carboxylic acids is 1. The summed E-state index contributed by atoms with van der Waals surface area (Å²) < 4.78 is 0.0430. The molecule has 1 aliphatic rings. The predicted molar refractivity (Wildman–Crippen MR) is 56.4 cm³/mol. The zero-order chi connectivity index (χ0) is 11.5. The van der Waals surface area contributed by atoms with Crippen molar-refractivity contribution in [1.29, 1.82) is 0 Å². The molecule has 0 aliphatic carbocycles. The Hall–Kier alpha value is -0.200. The zero-order valence-electron chi connectivity index (χ0n) is 9.89. The second-order valence-electron chi connectivity index (χ2n) is 3.73. The van der Waals surface area contributed by atoms with E-state index in [1.807, 2.05) is 0 Å². The Bertz CT molecular complexity index is 304. The number of hydrogen-bond acceptors (Lipinski definition) is 3. The molecule has 0 aromatic rings. The molecule has 1 rings (SSSR count). The molecule has 1 heterocycles. The number of carbonyl (C=O) groups is 1. The van der Waals surface area contributed by atoms with Crippen molar-refractivity contribution in [1.82, 2.24) is 0 Å². The molecule has 0 amide bonds. The van der Waals surface area contributed by atoms with Crippen molar-refractivity contribution in [2.75, 3.05) is 19.6 Å². The average molecular weight is 236 g/mol. The summed E-state index contributed by atoms with van der Waals surface area (Å²) >= 11 is 0. The Morgan fingerprint density at radius 3 is 2.81 bits per heavy atom. The second kappa shape index (κ2) is 6.51. The van der Waals surface area contributed by atoms with Gasteiger partial charge in [0.25, 0.3) is 0 Å². The van der Waals surface area contributed by atoms with Gasteiger partial charge in [0.05, 0.1) is 13.0 Å². The van der Waals surface area contributed by atoms with Gasteiger partial charge in [0.2, 0.25) is 5.84 Å².